The smallest absolute Gasteiger partial charge is 0.138 e. The first-order valence-corrected chi connectivity index (χ1v) is 10.9. The normalized spacial score (nSPS) is 12.3. The Bertz CT molecular complexity index is 1280. The Morgan fingerprint density at radius 2 is 1.93 bits per heavy atom. The molecule has 6 heteroatoms. The van der Waals surface area contributed by atoms with Gasteiger partial charge in [0.25, 0.3) is 0 Å². The highest BCUT2D eigenvalue weighted by Gasteiger charge is 2.18. The number of hydrogen-bond donors (Lipinski definition) is 1. The number of nitrogens with two attached hydrogens (primary N) is 1. The lowest BCUT2D eigenvalue weighted by molar-refractivity contribution is 0.997. The molecule has 3 heterocycles. The number of hydrogen-bond acceptors (Lipinski definition) is 3. The van der Waals surface area contributed by atoms with Crippen LogP contribution in [0.3, 0.4) is 0 Å². The fourth-order valence-electron chi connectivity index (χ4n) is 3.81. The molecule has 0 aliphatic heterocycles. The van der Waals surface area contributed by atoms with Crippen molar-refractivity contribution in [1.29, 1.82) is 0 Å². The molecular formula is C24H25N5S. The Labute approximate surface area is 180 Å². The van der Waals surface area contributed by atoms with Crippen LogP contribution < -0.4 is 5.73 Å². The molecule has 4 rings (SSSR count). The monoisotopic (exact) mass is 415 g/mol. The average molecular weight is 416 g/mol. The van der Waals surface area contributed by atoms with E-state index in [1.54, 1.807) is 18.4 Å². The molecule has 0 aliphatic carbocycles. The highest BCUT2D eigenvalue weighted by atomic mass is 32.1. The van der Waals surface area contributed by atoms with Crippen LogP contribution in [0.1, 0.15) is 29.3 Å². The Kier molecular flexibility index (Phi) is 5.50. The van der Waals surface area contributed by atoms with Gasteiger partial charge in [0.05, 0.1) is 11.4 Å². The summed E-state index contributed by atoms with van der Waals surface area (Å²) in [5.41, 5.74) is 16.2. The van der Waals surface area contributed by atoms with Gasteiger partial charge < -0.3 is 10.1 Å². The van der Waals surface area contributed by atoms with Crippen molar-refractivity contribution in [3.05, 3.63) is 69.7 Å². The second-order valence-corrected chi connectivity index (χ2v) is 8.05. The van der Waals surface area contributed by atoms with E-state index in [1.807, 2.05) is 18.3 Å². The summed E-state index contributed by atoms with van der Waals surface area (Å²) in [7, 11) is 1.67. The maximum Gasteiger partial charge on any atom is 0.138 e. The predicted octanol–water partition coefficient (Wildman–Crippen LogP) is 5.27. The van der Waals surface area contributed by atoms with Gasteiger partial charge in [-0.05, 0) is 48.9 Å². The Hall–Kier alpha value is -3.25. The van der Waals surface area contributed by atoms with Gasteiger partial charge in [-0.2, -0.15) is 11.3 Å². The predicted molar refractivity (Wildman–Crippen MR) is 128 cm³/mol. The molecule has 30 heavy (non-hydrogen) atoms. The van der Waals surface area contributed by atoms with Gasteiger partial charge in [0.1, 0.15) is 17.8 Å². The third-order valence-corrected chi connectivity index (χ3v) is 6.00. The number of aryl methyl sites for hydroxylation is 3. The van der Waals surface area contributed by atoms with E-state index in [-0.39, 0.29) is 0 Å². The number of aliphatic imine (C=N–C) groups is 2. The van der Waals surface area contributed by atoms with Crippen LogP contribution in [0.25, 0.3) is 28.0 Å². The van der Waals surface area contributed by atoms with E-state index < -0.39 is 0 Å². The topological polar surface area (TPSA) is 68.0 Å². The van der Waals surface area contributed by atoms with Crippen LogP contribution in [0.2, 0.25) is 0 Å². The van der Waals surface area contributed by atoms with Gasteiger partial charge in [-0.25, -0.2) is 9.98 Å². The van der Waals surface area contributed by atoms with Crippen molar-refractivity contribution in [2.24, 2.45) is 15.7 Å². The van der Waals surface area contributed by atoms with E-state index in [2.05, 4.69) is 64.1 Å². The van der Waals surface area contributed by atoms with E-state index in [9.17, 15) is 0 Å². The van der Waals surface area contributed by atoms with Crippen molar-refractivity contribution in [3.63, 3.8) is 0 Å². The summed E-state index contributed by atoms with van der Waals surface area (Å²) >= 11 is 1.71. The summed E-state index contributed by atoms with van der Waals surface area (Å²) in [6.07, 6.45) is 4.36. The summed E-state index contributed by atoms with van der Waals surface area (Å²) in [6.45, 7) is 6.46. The highest BCUT2D eigenvalue weighted by molar-refractivity contribution is 7.08. The van der Waals surface area contributed by atoms with Crippen LogP contribution in [-0.4, -0.2) is 28.6 Å². The minimum absolute atomic E-state index is 0.428. The van der Waals surface area contributed by atoms with E-state index in [0.717, 1.165) is 23.3 Å². The molecule has 0 bridgehead atoms. The van der Waals surface area contributed by atoms with Crippen LogP contribution in [0.4, 0.5) is 0 Å². The van der Waals surface area contributed by atoms with Gasteiger partial charge in [0.2, 0.25) is 0 Å². The van der Waals surface area contributed by atoms with Crippen LogP contribution in [-0.2, 0) is 6.42 Å². The summed E-state index contributed by atoms with van der Waals surface area (Å²) in [5, 5.41) is 4.42. The lowest BCUT2D eigenvalue weighted by Crippen LogP contribution is -2.13. The van der Waals surface area contributed by atoms with E-state index in [1.165, 1.54) is 39.8 Å². The zero-order chi connectivity index (χ0) is 21.3. The highest BCUT2D eigenvalue weighted by Crippen LogP contribution is 2.38. The maximum atomic E-state index is 6.10. The first-order chi connectivity index (χ1) is 14.5. The molecule has 152 valence electrons. The summed E-state index contributed by atoms with van der Waals surface area (Å²) in [4.78, 5) is 13.0. The van der Waals surface area contributed by atoms with E-state index in [0.29, 0.717) is 5.84 Å². The van der Waals surface area contributed by atoms with Gasteiger partial charge in [-0.1, -0.05) is 30.7 Å². The first-order valence-electron chi connectivity index (χ1n) is 9.93. The van der Waals surface area contributed by atoms with Gasteiger partial charge in [-0.15, -0.1) is 0 Å². The van der Waals surface area contributed by atoms with Gasteiger partial charge >= 0.3 is 0 Å². The summed E-state index contributed by atoms with van der Waals surface area (Å²) in [6, 6.07) is 10.6. The lowest BCUT2D eigenvalue weighted by Gasteiger charge is -2.09. The van der Waals surface area contributed by atoms with Crippen LogP contribution in [0.15, 0.2) is 57.3 Å². The molecule has 0 spiro atoms. The molecule has 0 atom stereocenters. The molecule has 0 saturated carbocycles. The fraction of sp³-hybridized carbons (Fsp3) is 0.208. The number of rotatable bonds is 5. The number of benzene rings is 1. The van der Waals surface area contributed by atoms with Crippen molar-refractivity contribution >= 4 is 29.2 Å². The molecule has 0 unspecified atom stereocenters. The minimum Gasteiger partial charge on any atom is -0.383 e. The molecule has 1 aromatic carbocycles. The zero-order valence-corrected chi connectivity index (χ0v) is 18.5. The number of thiophene rings is 1. The largest absolute Gasteiger partial charge is 0.383 e. The second-order valence-electron chi connectivity index (χ2n) is 7.31. The van der Waals surface area contributed by atoms with Crippen molar-refractivity contribution in [2.45, 2.75) is 27.2 Å². The van der Waals surface area contributed by atoms with Crippen molar-refractivity contribution in [1.82, 2.24) is 9.38 Å². The molecule has 0 radical (unpaired) electrons. The molecule has 2 N–H and O–H groups in total. The number of aromatic nitrogens is 2. The number of nitrogens with zero attached hydrogens (tertiary/aromatic N) is 4. The maximum absolute atomic E-state index is 6.10. The summed E-state index contributed by atoms with van der Waals surface area (Å²) in [5.74, 6) is 0.428. The summed E-state index contributed by atoms with van der Waals surface area (Å²) < 4.78 is 2.14. The number of fused-ring (bicyclic) bond motifs is 1. The molecule has 0 aliphatic rings. The van der Waals surface area contributed by atoms with Crippen molar-refractivity contribution in [2.75, 3.05) is 7.05 Å². The second kappa shape index (κ2) is 8.24. The van der Waals surface area contributed by atoms with Gasteiger partial charge in [-0.3, -0.25) is 4.99 Å². The Balaban J connectivity index is 1.87. The first kappa shape index (κ1) is 20.0. The van der Waals surface area contributed by atoms with Crippen LogP contribution in [0.5, 0.6) is 0 Å². The fourth-order valence-corrected chi connectivity index (χ4v) is 4.64. The average Bonchev–Trinajstić information content (AvgIpc) is 3.35. The SMILES string of the molecule is CCc1c(-c2cscc2-c2ccc(C)cc2C)nc2cc(C(N)=NC=NC)ccn12. The zero-order valence-electron chi connectivity index (χ0n) is 17.7. The molecule has 0 amide bonds. The Morgan fingerprint density at radius 1 is 1.13 bits per heavy atom. The standard InChI is InChI=1S/C24H25N5S/c1-5-21-23(20-13-30-12-19(20)18-7-6-15(2)10-16(18)3)28-22-11-17(8-9-29(21)22)24(25)27-14-26-4/h6-14H,5H2,1-4H3,(H2,25,26,27). The molecule has 0 saturated heterocycles. The molecule has 3 aromatic heterocycles. The third-order valence-electron chi connectivity index (χ3n) is 5.26. The molecule has 0 fully saturated rings. The molecule has 4 aromatic rings. The quantitative estimate of drug-likeness (QED) is 0.356. The van der Waals surface area contributed by atoms with Crippen LogP contribution in [0, 0.1) is 13.8 Å². The number of imidazole rings is 1. The van der Waals surface area contributed by atoms with Gasteiger partial charge in [0, 0.05) is 35.3 Å². The lowest BCUT2D eigenvalue weighted by atomic mass is 9.96. The van der Waals surface area contributed by atoms with Crippen molar-refractivity contribution < 1.29 is 0 Å². The van der Waals surface area contributed by atoms with E-state index >= 15 is 0 Å². The van der Waals surface area contributed by atoms with Crippen LogP contribution >= 0.6 is 11.3 Å². The van der Waals surface area contributed by atoms with Crippen molar-refractivity contribution in [3.8, 4) is 22.4 Å². The third kappa shape index (κ3) is 3.55. The molecular weight excluding hydrogens is 390 g/mol. The Morgan fingerprint density at radius 3 is 2.67 bits per heavy atom. The van der Waals surface area contributed by atoms with Gasteiger partial charge in [0.15, 0.2) is 0 Å². The number of amidine groups is 1. The minimum atomic E-state index is 0.428. The van der Waals surface area contributed by atoms with E-state index in [4.69, 9.17) is 10.7 Å². The molecule has 5 nitrogen and oxygen atoms in total. The number of pyridine rings is 1.